The standard InChI is InChI=1S/C15H17F2N3O/c1-19-11(4-5-18-19)8-20-9-12(21)7-15(20)13-6-10(16)2-3-14(13)17/h2-6,12,15,21H,7-9H2,1H3/t12-,15+/m1/s1. The summed E-state index contributed by atoms with van der Waals surface area (Å²) in [6.45, 7) is 0.972. The number of aliphatic hydroxyl groups is 1. The SMILES string of the molecule is Cn1nccc1CN1C[C@H](O)C[C@H]1c1cc(F)ccc1F. The van der Waals surface area contributed by atoms with Crippen molar-refractivity contribution in [3.8, 4) is 0 Å². The fraction of sp³-hybridized carbons (Fsp3) is 0.400. The topological polar surface area (TPSA) is 41.3 Å². The van der Waals surface area contributed by atoms with Gasteiger partial charge in [0, 0.05) is 37.9 Å². The molecule has 0 aliphatic carbocycles. The lowest BCUT2D eigenvalue weighted by molar-refractivity contribution is 0.171. The van der Waals surface area contributed by atoms with Crippen LogP contribution < -0.4 is 0 Å². The zero-order chi connectivity index (χ0) is 15.0. The molecule has 4 nitrogen and oxygen atoms in total. The van der Waals surface area contributed by atoms with E-state index in [1.54, 1.807) is 10.9 Å². The minimum atomic E-state index is -0.536. The van der Waals surface area contributed by atoms with Gasteiger partial charge in [0.1, 0.15) is 11.6 Å². The quantitative estimate of drug-likeness (QED) is 0.941. The molecule has 1 saturated heterocycles. The summed E-state index contributed by atoms with van der Waals surface area (Å²) in [6, 6.07) is 5.01. The normalized spacial score (nSPS) is 22.9. The average Bonchev–Trinajstić information content (AvgIpc) is 3.00. The van der Waals surface area contributed by atoms with Gasteiger partial charge >= 0.3 is 0 Å². The van der Waals surface area contributed by atoms with Crippen LogP contribution in [0.5, 0.6) is 0 Å². The second kappa shape index (κ2) is 5.54. The lowest BCUT2D eigenvalue weighted by Gasteiger charge is -2.24. The number of rotatable bonds is 3. The van der Waals surface area contributed by atoms with Gasteiger partial charge < -0.3 is 5.11 Å². The molecule has 2 heterocycles. The summed E-state index contributed by atoms with van der Waals surface area (Å²) >= 11 is 0. The van der Waals surface area contributed by atoms with Crippen LogP contribution in [0.25, 0.3) is 0 Å². The number of hydrogen-bond donors (Lipinski definition) is 1. The van der Waals surface area contributed by atoms with Crippen molar-refractivity contribution in [3.63, 3.8) is 0 Å². The van der Waals surface area contributed by atoms with E-state index in [4.69, 9.17) is 0 Å². The van der Waals surface area contributed by atoms with E-state index in [1.165, 1.54) is 6.07 Å². The second-order valence-corrected chi connectivity index (χ2v) is 5.45. The van der Waals surface area contributed by atoms with Gasteiger partial charge in [-0.25, -0.2) is 8.78 Å². The van der Waals surface area contributed by atoms with Gasteiger partial charge in [-0.05, 0) is 30.7 Å². The van der Waals surface area contributed by atoms with E-state index in [0.29, 0.717) is 25.1 Å². The van der Waals surface area contributed by atoms with Crippen molar-refractivity contribution in [3.05, 3.63) is 53.4 Å². The molecular formula is C15H17F2N3O. The van der Waals surface area contributed by atoms with Gasteiger partial charge in [-0.15, -0.1) is 0 Å². The number of aliphatic hydroxyl groups excluding tert-OH is 1. The van der Waals surface area contributed by atoms with Gasteiger partial charge in [-0.1, -0.05) is 0 Å². The summed E-state index contributed by atoms with van der Waals surface area (Å²) < 4.78 is 29.1. The van der Waals surface area contributed by atoms with Crippen LogP contribution in [0.4, 0.5) is 8.78 Å². The van der Waals surface area contributed by atoms with Gasteiger partial charge in [0.05, 0.1) is 11.8 Å². The highest BCUT2D eigenvalue weighted by Gasteiger charge is 2.34. The smallest absolute Gasteiger partial charge is 0.128 e. The predicted octanol–water partition coefficient (Wildman–Crippen LogP) is 2.01. The molecule has 1 N–H and O–H groups in total. The molecule has 21 heavy (non-hydrogen) atoms. The Kier molecular flexibility index (Phi) is 3.73. The molecule has 1 aliphatic rings. The molecule has 0 bridgehead atoms. The Morgan fingerprint density at radius 3 is 2.86 bits per heavy atom. The Balaban J connectivity index is 1.89. The largest absolute Gasteiger partial charge is 0.392 e. The highest BCUT2D eigenvalue weighted by Crippen LogP contribution is 2.35. The Hall–Kier alpha value is -1.79. The number of likely N-dealkylation sites (tertiary alicyclic amines) is 1. The van der Waals surface area contributed by atoms with Crippen molar-refractivity contribution < 1.29 is 13.9 Å². The first-order valence-electron chi connectivity index (χ1n) is 6.88. The molecule has 1 aromatic carbocycles. The van der Waals surface area contributed by atoms with Crippen LogP contribution in [0, 0.1) is 11.6 Å². The van der Waals surface area contributed by atoms with E-state index in [2.05, 4.69) is 5.10 Å². The maximum Gasteiger partial charge on any atom is 0.128 e. The maximum absolute atomic E-state index is 14.0. The van der Waals surface area contributed by atoms with E-state index in [1.807, 2.05) is 18.0 Å². The van der Waals surface area contributed by atoms with Crippen LogP contribution in [0.15, 0.2) is 30.5 Å². The lowest BCUT2D eigenvalue weighted by atomic mass is 10.0. The zero-order valence-corrected chi connectivity index (χ0v) is 11.7. The molecule has 112 valence electrons. The number of nitrogens with zero attached hydrogens (tertiary/aromatic N) is 3. The summed E-state index contributed by atoms with van der Waals surface area (Å²) in [5.74, 6) is -0.904. The van der Waals surface area contributed by atoms with Crippen molar-refractivity contribution >= 4 is 0 Å². The molecule has 2 atom stereocenters. The molecule has 3 rings (SSSR count). The van der Waals surface area contributed by atoms with Crippen molar-refractivity contribution in [2.75, 3.05) is 6.54 Å². The van der Waals surface area contributed by atoms with Crippen LogP contribution in [-0.4, -0.2) is 32.4 Å². The fourth-order valence-corrected chi connectivity index (χ4v) is 2.91. The molecule has 0 spiro atoms. The van der Waals surface area contributed by atoms with Crippen LogP contribution >= 0.6 is 0 Å². The molecule has 0 amide bonds. The molecule has 0 saturated carbocycles. The van der Waals surface area contributed by atoms with Crippen LogP contribution in [0.1, 0.15) is 23.7 Å². The number of aryl methyl sites for hydroxylation is 1. The van der Waals surface area contributed by atoms with Gasteiger partial charge in [0.25, 0.3) is 0 Å². The van der Waals surface area contributed by atoms with Crippen molar-refractivity contribution in [1.82, 2.24) is 14.7 Å². The molecule has 2 aromatic rings. The summed E-state index contributed by atoms with van der Waals surface area (Å²) in [7, 11) is 1.83. The Bertz CT molecular complexity index is 644. The minimum Gasteiger partial charge on any atom is -0.392 e. The molecule has 0 radical (unpaired) electrons. The van der Waals surface area contributed by atoms with Crippen molar-refractivity contribution in [1.29, 1.82) is 0 Å². The average molecular weight is 293 g/mol. The molecule has 6 heteroatoms. The third kappa shape index (κ3) is 2.82. The number of β-amino-alcohol motifs (C(OH)–C–C–N with tert-alkyl or cyclic N) is 1. The van der Waals surface area contributed by atoms with Crippen LogP contribution in [-0.2, 0) is 13.6 Å². The zero-order valence-electron chi connectivity index (χ0n) is 11.7. The van der Waals surface area contributed by atoms with Gasteiger partial charge in [0.15, 0.2) is 0 Å². The summed E-state index contributed by atoms with van der Waals surface area (Å²) in [6.07, 6.45) is 1.56. The predicted molar refractivity (Wildman–Crippen MR) is 73.3 cm³/mol. The lowest BCUT2D eigenvalue weighted by Crippen LogP contribution is -2.26. The first-order valence-corrected chi connectivity index (χ1v) is 6.88. The molecule has 1 fully saturated rings. The number of halogens is 2. The Labute approximate surface area is 121 Å². The van der Waals surface area contributed by atoms with E-state index >= 15 is 0 Å². The highest BCUT2D eigenvalue weighted by molar-refractivity contribution is 5.24. The first kappa shape index (κ1) is 14.2. The molecule has 1 aliphatic heterocycles. The van der Waals surface area contributed by atoms with Crippen molar-refractivity contribution in [2.24, 2.45) is 7.05 Å². The van der Waals surface area contributed by atoms with Gasteiger partial charge in [-0.3, -0.25) is 9.58 Å². The second-order valence-electron chi connectivity index (χ2n) is 5.45. The van der Waals surface area contributed by atoms with Crippen LogP contribution in [0.2, 0.25) is 0 Å². The summed E-state index contributed by atoms with van der Waals surface area (Å²) in [5, 5.41) is 14.0. The molecular weight excluding hydrogens is 276 g/mol. The Morgan fingerprint density at radius 2 is 2.14 bits per heavy atom. The monoisotopic (exact) mass is 293 g/mol. The summed E-state index contributed by atoms with van der Waals surface area (Å²) in [5.41, 5.74) is 1.26. The highest BCUT2D eigenvalue weighted by atomic mass is 19.1. The molecule has 1 aromatic heterocycles. The van der Waals surface area contributed by atoms with Crippen LogP contribution in [0.3, 0.4) is 0 Å². The van der Waals surface area contributed by atoms with Gasteiger partial charge in [0.2, 0.25) is 0 Å². The first-order chi connectivity index (χ1) is 10.0. The Morgan fingerprint density at radius 1 is 1.33 bits per heavy atom. The fourth-order valence-electron chi connectivity index (χ4n) is 2.91. The minimum absolute atomic E-state index is 0.300. The number of benzene rings is 1. The van der Waals surface area contributed by atoms with Gasteiger partial charge in [-0.2, -0.15) is 5.10 Å². The number of aromatic nitrogens is 2. The maximum atomic E-state index is 14.0. The number of hydrogen-bond acceptors (Lipinski definition) is 3. The van der Waals surface area contributed by atoms with E-state index in [9.17, 15) is 13.9 Å². The van der Waals surface area contributed by atoms with E-state index < -0.39 is 17.7 Å². The third-order valence-electron chi connectivity index (χ3n) is 3.99. The third-order valence-corrected chi connectivity index (χ3v) is 3.99. The molecule has 0 unspecified atom stereocenters. The summed E-state index contributed by atoms with van der Waals surface area (Å²) in [4.78, 5) is 1.96. The van der Waals surface area contributed by atoms with E-state index in [0.717, 1.165) is 17.8 Å². The van der Waals surface area contributed by atoms with Crippen molar-refractivity contribution in [2.45, 2.75) is 25.1 Å². The van der Waals surface area contributed by atoms with E-state index in [-0.39, 0.29) is 6.04 Å².